The number of alkyl carbamates (subject to hydrolysis) is 1. The van der Waals surface area contributed by atoms with Crippen molar-refractivity contribution in [1.29, 1.82) is 0 Å². The predicted octanol–water partition coefficient (Wildman–Crippen LogP) is 6.45. The molecule has 2 N–H and O–H groups in total. The molecule has 0 saturated carbocycles. The molecule has 0 radical (unpaired) electrons. The third-order valence-electron chi connectivity index (χ3n) is 3.41. The van der Waals surface area contributed by atoms with Gasteiger partial charge in [0.15, 0.2) is 0 Å². The van der Waals surface area contributed by atoms with Gasteiger partial charge in [-0.1, -0.05) is 46.8 Å². The summed E-state index contributed by atoms with van der Waals surface area (Å²) in [6, 6.07) is -0.122. The van der Waals surface area contributed by atoms with E-state index in [0.29, 0.717) is 12.1 Å². The average molecular weight is 399 g/mol. The van der Waals surface area contributed by atoms with Crippen molar-refractivity contribution < 1.29 is 13.9 Å². The van der Waals surface area contributed by atoms with E-state index in [-0.39, 0.29) is 6.04 Å². The van der Waals surface area contributed by atoms with Gasteiger partial charge < -0.3 is 15.4 Å². The van der Waals surface area contributed by atoms with E-state index >= 15 is 0 Å². The molecule has 0 aromatic heterocycles. The Morgan fingerprint density at radius 2 is 1.75 bits per heavy atom. The Morgan fingerprint density at radius 1 is 1.29 bits per heavy atom. The van der Waals surface area contributed by atoms with Gasteiger partial charge in [0.1, 0.15) is 11.8 Å². The maximum Gasteiger partial charge on any atom is 0.407 e. The molecule has 0 aromatic carbocycles. The number of amides is 1. The summed E-state index contributed by atoms with van der Waals surface area (Å²) in [5.74, 6) is 0. The molecule has 0 saturated heterocycles. The Morgan fingerprint density at radius 3 is 2.11 bits per heavy atom. The number of alkyl halides is 1. The fourth-order valence-electron chi connectivity index (χ4n) is 2.02. The van der Waals surface area contributed by atoms with E-state index < -0.39 is 17.9 Å². The normalized spacial score (nSPS) is 15.2. The molecular weight excluding hydrogens is 355 g/mol. The minimum atomic E-state index is -1.08. The van der Waals surface area contributed by atoms with Crippen LogP contribution in [0.15, 0.2) is 35.1 Å². The number of nitrogens with one attached hydrogen (secondary N) is 2. The van der Waals surface area contributed by atoms with Gasteiger partial charge >= 0.3 is 6.09 Å². The second kappa shape index (κ2) is 14.3. The summed E-state index contributed by atoms with van der Waals surface area (Å²) in [6.45, 7) is 23.3. The molecule has 2 atom stereocenters. The third-order valence-corrected chi connectivity index (χ3v) is 3.41. The Bertz CT molecular complexity index is 543. The van der Waals surface area contributed by atoms with Gasteiger partial charge in [-0.05, 0) is 64.7 Å². The van der Waals surface area contributed by atoms with Crippen molar-refractivity contribution in [2.75, 3.05) is 6.54 Å². The molecule has 1 aliphatic carbocycles. The van der Waals surface area contributed by atoms with Crippen molar-refractivity contribution in [2.24, 2.45) is 0 Å². The number of halogens is 1. The second-order valence-electron chi connectivity index (χ2n) is 7.71. The molecule has 164 valence electrons. The monoisotopic (exact) mass is 398 g/mol. The van der Waals surface area contributed by atoms with Gasteiger partial charge in [-0.2, -0.15) is 0 Å². The van der Waals surface area contributed by atoms with Crippen LogP contribution in [0, 0.1) is 0 Å². The first-order valence-corrected chi connectivity index (χ1v) is 10.4. The van der Waals surface area contributed by atoms with E-state index in [1.807, 2.05) is 48.5 Å². The number of hydrogen-bond acceptors (Lipinski definition) is 3. The van der Waals surface area contributed by atoms with E-state index in [9.17, 15) is 9.18 Å². The minimum Gasteiger partial charge on any atom is -0.444 e. The van der Waals surface area contributed by atoms with Crippen LogP contribution in [0.2, 0.25) is 0 Å². The molecule has 1 amide bonds. The topological polar surface area (TPSA) is 50.4 Å². The first-order valence-electron chi connectivity index (χ1n) is 10.4. The van der Waals surface area contributed by atoms with Crippen molar-refractivity contribution in [2.45, 2.75) is 99.9 Å². The summed E-state index contributed by atoms with van der Waals surface area (Å²) in [4.78, 5) is 11.7. The number of carbonyl (C=O) groups excluding carboxylic acids is 1. The lowest BCUT2D eigenvalue weighted by molar-refractivity contribution is 0.0509. The Kier molecular flexibility index (Phi) is 14.5. The number of rotatable bonds is 7. The molecule has 0 bridgehead atoms. The van der Waals surface area contributed by atoms with Crippen LogP contribution >= 0.6 is 0 Å². The largest absolute Gasteiger partial charge is 0.444 e. The van der Waals surface area contributed by atoms with E-state index in [0.717, 1.165) is 23.3 Å². The molecule has 0 spiro atoms. The molecule has 0 aromatic rings. The molecule has 1 rings (SSSR count). The average Bonchev–Trinajstić information content (AvgIpc) is 3.39. The van der Waals surface area contributed by atoms with Crippen molar-refractivity contribution in [1.82, 2.24) is 10.6 Å². The Balaban J connectivity index is 0. The summed E-state index contributed by atoms with van der Waals surface area (Å²) in [5, 5.41) is 6.08. The highest BCUT2D eigenvalue weighted by Crippen LogP contribution is 2.30. The summed E-state index contributed by atoms with van der Waals surface area (Å²) in [5.41, 5.74) is 2.86. The Labute approximate surface area is 172 Å². The first-order chi connectivity index (χ1) is 12.9. The molecular formula is C23H43FN2O2. The zero-order valence-electron chi connectivity index (χ0n) is 19.8. The molecule has 4 nitrogen and oxygen atoms in total. The fraction of sp³-hybridized carbons (Fsp3) is 0.696. The van der Waals surface area contributed by atoms with E-state index in [1.165, 1.54) is 13.3 Å². The smallest absolute Gasteiger partial charge is 0.407 e. The van der Waals surface area contributed by atoms with Crippen LogP contribution in [0.3, 0.4) is 0 Å². The molecule has 5 heteroatoms. The fourth-order valence-corrected chi connectivity index (χ4v) is 2.02. The predicted molar refractivity (Wildman–Crippen MR) is 119 cm³/mol. The molecule has 0 heterocycles. The lowest BCUT2D eigenvalue weighted by Crippen LogP contribution is -2.42. The van der Waals surface area contributed by atoms with Crippen molar-refractivity contribution in [3.05, 3.63) is 35.1 Å². The van der Waals surface area contributed by atoms with Crippen molar-refractivity contribution in [3.63, 3.8) is 0 Å². The van der Waals surface area contributed by atoms with Crippen LogP contribution in [-0.4, -0.2) is 30.5 Å². The molecule has 1 aliphatic rings. The summed E-state index contributed by atoms with van der Waals surface area (Å²) in [6.07, 6.45) is 2.71. The molecule has 1 unspecified atom stereocenters. The summed E-state index contributed by atoms with van der Waals surface area (Å²) in [7, 11) is 0. The van der Waals surface area contributed by atoms with Crippen LogP contribution in [0.5, 0.6) is 0 Å². The van der Waals surface area contributed by atoms with Crippen LogP contribution in [0.4, 0.5) is 9.18 Å². The van der Waals surface area contributed by atoms with Gasteiger partial charge in [0, 0.05) is 18.3 Å². The van der Waals surface area contributed by atoms with Crippen molar-refractivity contribution in [3.8, 4) is 0 Å². The van der Waals surface area contributed by atoms with Crippen LogP contribution in [0.25, 0.3) is 0 Å². The Hall–Kier alpha value is -1.78. The SMILES string of the molecule is C=C(/C(C)=C(\NC[C@@H](C)NC(=O)OC(C)(C)C)C1=CC1)C(C)F.CC.CCC. The minimum absolute atomic E-state index is 0.122. The number of carbonyl (C=O) groups is 1. The number of ether oxygens (including phenoxy) is 1. The lowest BCUT2D eigenvalue weighted by Gasteiger charge is -2.23. The third kappa shape index (κ3) is 13.4. The van der Waals surface area contributed by atoms with Gasteiger partial charge in [-0.3, -0.25) is 0 Å². The lowest BCUT2D eigenvalue weighted by atomic mass is 10.0. The zero-order chi connectivity index (χ0) is 22.5. The molecule has 28 heavy (non-hydrogen) atoms. The second-order valence-corrected chi connectivity index (χ2v) is 7.71. The standard InChI is InChI=1S/C18H29FN2O2.C3H8.C2H6/c1-11(21-17(22)23-18(5,6)7)10-20-16(15-8-9-15)13(3)12(2)14(4)19;1-3-2;1-2/h8,11,14,20H,2,9-10H2,1,3-7H3,(H,21,22);3H2,1-2H3;1-2H3/b16-13-;;/t11-,14?;;/m1../s1. The quantitative estimate of drug-likeness (QED) is 0.484. The van der Waals surface area contributed by atoms with E-state index in [1.54, 1.807) is 0 Å². The van der Waals surface area contributed by atoms with Crippen LogP contribution in [0.1, 0.15) is 82.1 Å². The highest BCUT2D eigenvalue weighted by molar-refractivity contribution is 5.68. The molecule has 0 fully saturated rings. The maximum absolute atomic E-state index is 13.5. The van der Waals surface area contributed by atoms with Gasteiger partial charge in [0.05, 0.1) is 0 Å². The van der Waals surface area contributed by atoms with Gasteiger partial charge in [0.2, 0.25) is 0 Å². The number of hydrogen-bond donors (Lipinski definition) is 2. The van der Waals surface area contributed by atoms with Crippen LogP contribution < -0.4 is 10.6 Å². The van der Waals surface area contributed by atoms with E-state index in [4.69, 9.17) is 4.74 Å². The highest BCUT2D eigenvalue weighted by Gasteiger charge is 2.21. The van der Waals surface area contributed by atoms with Gasteiger partial charge in [0.25, 0.3) is 0 Å². The highest BCUT2D eigenvalue weighted by atomic mass is 19.1. The maximum atomic E-state index is 13.5. The van der Waals surface area contributed by atoms with Gasteiger partial charge in [-0.25, -0.2) is 9.18 Å². The van der Waals surface area contributed by atoms with Gasteiger partial charge in [-0.15, -0.1) is 0 Å². The zero-order valence-corrected chi connectivity index (χ0v) is 19.8. The number of allylic oxidation sites excluding steroid dienone is 4. The first kappa shape index (κ1) is 28.4. The summed E-state index contributed by atoms with van der Waals surface area (Å²) < 4.78 is 18.7. The summed E-state index contributed by atoms with van der Waals surface area (Å²) >= 11 is 0. The molecule has 0 aliphatic heterocycles. The van der Waals surface area contributed by atoms with Crippen molar-refractivity contribution >= 4 is 6.09 Å². The van der Waals surface area contributed by atoms with Crippen LogP contribution in [-0.2, 0) is 4.74 Å². The van der Waals surface area contributed by atoms with E-state index in [2.05, 4.69) is 37.1 Å².